The summed E-state index contributed by atoms with van der Waals surface area (Å²) in [5.41, 5.74) is 0.805. The summed E-state index contributed by atoms with van der Waals surface area (Å²) in [5, 5.41) is 13.1. The summed E-state index contributed by atoms with van der Waals surface area (Å²) in [6.45, 7) is 4.73. The molecule has 0 spiro atoms. The zero-order chi connectivity index (χ0) is 11.1. The van der Waals surface area contributed by atoms with E-state index in [1.165, 1.54) is 0 Å². The molecule has 1 rings (SSSR count). The average Bonchev–Trinajstić information content (AvgIpc) is 2.24. The van der Waals surface area contributed by atoms with E-state index in [2.05, 4.69) is 5.32 Å². The van der Waals surface area contributed by atoms with Crippen LogP contribution in [0.1, 0.15) is 12.5 Å². The third-order valence-electron chi connectivity index (χ3n) is 2.01. The lowest BCUT2D eigenvalue weighted by molar-refractivity contribution is 0.149. The predicted molar refractivity (Wildman–Crippen MR) is 61.3 cm³/mol. The molecule has 0 radical (unpaired) electrons. The highest BCUT2D eigenvalue weighted by molar-refractivity contribution is 6.32. The van der Waals surface area contributed by atoms with Crippen molar-refractivity contribution >= 4 is 11.6 Å². The minimum atomic E-state index is 0.156. The molecule has 1 aromatic rings. The fourth-order valence-electron chi connectivity index (χ4n) is 1.21. The van der Waals surface area contributed by atoms with Crippen LogP contribution in [-0.2, 0) is 11.3 Å². The molecule has 15 heavy (non-hydrogen) atoms. The van der Waals surface area contributed by atoms with Crippen molar-refractivity contribution in [2.45, 2.75) is 13.5 Å². The predicted octanol–water partition coefficient (Wildman–Crippen LogP) is 2.17. The molecule has 0 bridgehead atoms. The van der Waals surface area contributed by atoms with Gasteiger partial charge in [0.25, 0.3) is 0 Å². The highest BCUT2D eigenvalue weighted by Gasteiger charge is 2.03. The molecule has 3 nitrogen and oxygen atoms in total. The Morgan fingerprint density at radius 2 is 2.27 bits per heavy atom. The molecule has 0 atom stereocenters. The third-order valence-corrected chi connectivity index (χ3v) is 2.32. The summed E-state index contributed by atoms with van der Waals surface area (Å²) in [5.74, 6) is 0.156. The first kappa shape index (κ1) is 12.3. The molecule has 0 heterocycles. The van der Waals surface area contributed by atoms with Gasteiger partial charge in [-0.3, -0.25) is 0 Å². The van der Waals surface area contributed by atoms with Gasteiger partial charge in [-0.1, -0.05) is 23.7 Å². The van der Waals surface area contributed by atoms with Gasteiger partial charge < -0.3 is 15.2 Å². The fraction of sp³-hybridized carbons (Fsp3) is 0.455. The Balaban J connectivity index is 2.34. The van der Waals surface area contributed by atoms with E-state index in [0.717, 1.165) is 18.7 Å². The standard InChI is InChI=1S/C11H16ClNO2/c1-2-15-7-6-13-8-9-4-3-5-10(12)11(9)14/h3-5,13-14H,2,6-8H2,1H3. The van der Waals surface area contributed by atoms with E-state index in [4.69, 9.17) is 16.3 Å². The van der Waals surface area contributed by atoms with Crippen molar-refractivity contribution in [2.75, 3.05) is 19.8 Å². The van der Waals surface area contributed by atoms with Crippen LogP contribution in [0.15, 0.2) is 18.2 Å². The van der Waals surface area contributed by atoms with Crippen LogP contribution < -0.4 is 5.32 Å². The average molecular weight is 230 g/mol. The van der Waals surface area contributed by atoms with Gasteiger partial charge >= 0.3 is 0 Å². The lowest BCUT2D eigenvalue weighted by Gasteiger charge is -2.07. The summed E-state index contributed by atoms with van der Waals surface area (Å²) >= 11 is 5.77. The number of hydrogen-bond donors (Lipinski definition) is 2. The first-order valence-corrected chi connectivity index (χ1v) is 5.38. The minimum absolute atomic E-state index is 0.156. The summed E-state index contributed by atoms with van der Waals surface area (Å²) in [6, 6.07) is 5.33. The largest absolute Gasteiger partial charge is 0.506 e. The van der Waals surface area contributed by atoms with Crippen LogP contribution >= 0.6 is 11.6 Å². The van der Waals surface area contributed by atoms with Crippen LogP contribution in [0.3, 0.4) is 0 Å². The van der Waals surface area contributed by atoms with Crippen molar-refractivity contribution in [3.63, 3.8) is 0 Å². The van der Waals surface area contributed by atoms with Gasteiger partial charge in [-0.15, -0.1) is 0 Å². The van der Waals surface area contributed by atoms with Crippen molar-refractivity contribution < 1.29 is 9.84 Å². The van der Waals surface area contributed by atoms with Crippen LogP contribution in [0, 0.1) is 0 Å². The molecule has 0 aromatic heterocycles. The van der Waals surface area contributed by atoms with Crippen molar-refractivity contribution in [1.82, 2.24) is 5.32 Å². The van der Waals surface area contributed by atoms with Gasteiger partial charge in [-0.05, 0) is 13.0 Å². The lowest BCUT2D eigenvalue weighted by atomic mass is 10.2. The SMILES string of the molecule is CCOCCNCc1cccc(Cl)c1O. The molecule has 0 amide bonds. The van der Waals surface area contributed by atoms with E-state index >= 15 is 0 Å². The van der Waals surface area contributed by atoms with Crippen LogP contribution in [0.2, 0.25) is 5.02 Å². The summed E-state index contributed by atoms with van der Waals surface area (Å²) in [4.78, 5) is 0. The van der Waals surface area contributed by atoms with Crippen LogP contribution in [0.25, 0.3) is 0 Å². The number of phenolic OH excluding ortho intramolecular Hbond substituents is 1. The first-order chi connectivity index (χ1) is 7.25. The van der Waals surface area contributed by atoms with Gasteiger partial charge in [-0.2, -0.15) is 0 Å². The molecule has 2 N–H and O–H groups in total. The molecular weight excluding hydrogens is 214 g/mol. The topological polar surface area (TPSA) is 41.5 Å². The Labute approximate surface area is 95.0 Å². The van der Waals surface area contributed by atoms with Gasteiger partial charge in [0.15, 0.2) is 0 Å². The van der Waals surface area contributed by atoms with E-state index in [1.54, 1.807) is 6.07 Å². The summed E-state index contributed by atoms with van der Waals surface area (Å²) in [6.07, 6.45) is 0. The van der Waals surface area contributed by atoms with Gasteiger partial charge in [0.1, 0.15) is 5.75 Å². The Hall–Kier alpha value is -0.770. The number of benzene rings is 1. The number of halogens is 1. The second kappa shape index (κ2) is 6.67. The second-order valence-corrected chi connectivity index (χ2v) is 3.53. The zero-order valence-corrected chi connectivity index (χ0v) is 9.55. The molecule has 0 aliphatic heterocycles. The Morgan fingerprint density at radius 1 is 1.47 bits per heavy atom. The summed E-state index contributed by atoms with van der Waals surface area (Å²) < 4.78 is 5.17. The highest BCUT2D eigenvalue weighted by Crippen LogP contribution is 2.26. The Bertz CT molecular complexity index is 305. The smallest absolute Gasteiger partial charge is 0.138 e. The molecule has 0 aliphatic rings. The number of ether oxygens (including phenoxy) is 1. The molecular formula is C11H16ClNO2. The molecule has 0 saturated carbocycles. The summed E-state index contributed by atoms with van der Waals surface area (Å²) in [7, 11) is 0. The normalized spacial score (nSPS) is 10.5. The minimum Gasteiger partial charge on any atom is -0.506 e. The molecule has 0 saturated heterocycles. The monoisotopic (exact) mass is 229 g/mol. The molecule has 4 heteroatoms. The maximum Gasteiger partial charge on any atom is 0.138 e. The first-order valence-electron chi connectivity index (χ1n) is 5.00. The molecule has 84 valence electrons. The second-order valence-electron chi connectivity index (χ2n) is 3.12. The van der Waals surface area contributed by atoms with Gasteiger partial charge in [0.05, 0.1) is 11.6 Å². The maximum absolute atomic E-state index is 9.60. The lowest BCUT2D eigenvalue weighted by Crippen LogP contribution is -2.19. The number of para-hydroxylation sites is 1. The van der Waals surface area contributed by atoms with Crippen LogP contribution in [-0.4, -0.2) is 24.9 Å². The Kier molecular flexibility index (Phi) is 5.47. The van der Waals surface area contributed by atoms with Crippen molar-refractivity contribution in [2.24, 2.45) is 0 Å². The fourth-order valence-corrected chi connectivity index (χ4v) is 1.41. The number of aromatic hydroxyl groups is 1. The van der Waals surface area contributed by atoms with E-state index in [1.807, 2.05) is 19.1 Å². The van der Waals surface area contributed by atoms with Crippen molar-refractivity contribution in [3.05, 3.63) is 28.8 Å². The van der Waals surface area contributed by atoms with E-state index in [0.29, 0.717) is 18.2 Å². The van der Waals surface area contributed by atoms with Crippen LogP contribution in [0.4, 0.5) is 0 Å². The molecule has 0 aliphatic carbocycles. The zero-order valence-electron chi connectivity index (χ0n) is 8.79. The highest BCUT2D eigenvalue weighted by atomic mass is 35.5. The van der Waals surface area contributed by atoms with Gasteiger partial charge in [0, 0.05) is 25.3 Å². The third kappa shape index (κ3) is 4.08. The van der Waals surface area contributed by atoms with Crippen molar-refractivity contribution in [3.8, 4) is 5.75 Å². The number of phenols is 1. The molecule has 0 fully saturated rings. The van der Waals surface area contributed by atoms with E-state index in [9.17, 15) is 5.11 Å². The van der Waals surface area contributed by atoms with Crippen molar-refractivity contribution in [1.29, 1.82) is 0 Å². The van der Waals surface area contributed by atoms with Gasteiger partial charge in [0.2, 0.25) is 0 Å². The van der Waals surface area contributed by atoms with E-state index < -0.39 is 0 Å². The number of hydrogen-bond acceptors (Lipinski definition) is 3. The number of rotatable bonds is 6. The molecule has 1 aromatic carbocycles. The maximum atomic E-state index is 9.60. The molecule has 0 unspecified atom stereocenters. The van der Waals surface area contributed by atoms with E-state index in [-0.39, 0.29) is 5.75 Å². The van der Waals surface area contributed by atoms with Crippen LogP contribution in [0.5, 0.6) is 5.75 Å². The Morgan fingerprint density at radius 3 is 3.00 bits per heavy atom. The quantitative estimate of drug-likeness (QED) is 0.735. The number of nitrogens with one attached hydrogen (secondary N) is 1. The van der Waals surface area contributed by atoms with Gasteiger partial charge in [-0.25, -0.2) is 0 Å².